The number of nitriles is 3. The number of benzene rings is 4. The summed E-state index contributed by atoms with van der Waals surface area (Å²) >= 11 is 0. The van der Waals surface area contributed by atoms with Crippen LogP contribution in [0.5, 0.6) is 40.2 Å². The van der Waals surface area contributed by atoms with Gasteiger partial charge < -0.3 is 34.6 Å². The Balaban J connectivity index is 0.000000249. The Hall–Kier alpha value is -6.05. The third kappa shape index (κ3) is 14.0. The molecule has 4 aromatic rings. The fourth-order valence-electron chi connectivity index (χ4n) is 2.13. The van der Waals surface area contributed by atoms with E-state index in [0.717, 1.165) is 0 Å². The molecule has 4 aromatic carbocycles. The van der Waals surface area contributed by atoms with E-state index in [1.54, 1.807) is 24.3 Å². The van der Waals surface area contributed by atoms with E-state index in [-0.39, 0.29) is 17.2 Å². The van der Waals surface area contributed by atoms with Crippen molar-refractivity contribution in [3.8, 4) is 59.0 Å². The summed E-state index contributed by atoms with van der Waals surface area (Å²) in [7, 11) is 0. The SMILES string of the molecule is N#COc1ccc(O)cc1.N#COc1ccc(O)cc1.N#COc1ccc(O)cc1.Oc1ccccc1. The van der Waals surface area contributed by atoms with Crippen molar-refractivity contribution in [2.24, 2.45) is 0 Å². The van der Waals surface area contributed by atoms with E-state index in [0.29, 0.717) is 23.0 Å². The van der Waals surface area contributed by atoms with E-state index in [9.17, 15) is 0 Å². The van der Waals surface area contributed by atoms with Gasteiger partial charge in [-0.05, 0) is 84.9 Å². The summed E-state index contributed by atoms with van der Waals surface area (Å²) < 4.78 is 13.4. The molecule has 0 spiro atoms. The molecule has 10 nitrogen and oxygen atoms in total. The van der Waals surface area contributed by atoms with Crippen LogP contribution in [0, 0.1) is 34.6 Å². The molecule has 4 rings (SSSR count). The summed E-state index contributed by atoms with van der Waals surface area (Å²) in [6.07, 6.45) is 4.57. The van der Waals surface area contributed by atoms with Crippen LogP contribution in [0.15, 0.2) is 103 Å². The summed E-state index contributed by atoms with van der Waals surface area (Å²) in [6, 6.07) is 26.5. The molecule has 10 heteroatoms. The van der Waals surface area contributed by atoms with E-state index in [4.69, 9.17) is 36.2 Å². The predicted octanol–water partition coefficient (Wildman–Crippen LogP) is 5.15. The van der Waals surface area contributed by atoms with E-state index < -0.39 is 0 Å². The van der Waals surface area contributed by atoms with E-state index in [1.807, 2.05) is 6.07 Å². The maximum Gasteiger partial charge on any atom is 0.292 e. The Kier molecular flexibility index (Phi) is 13.7. The molecule has 0 aliphatic carbocycles. The van der Waals surface area contributed by atoms with Crippen molar-refractivity contribution in [3.05, 3.63) is 103 Å². The highest BCUT2D eigenvalue weighted by atomic mass is 16.5. The molecule has 0 bridgehead atoms. The Bertz CT molecular complexity index is 1160. The lowest BCUT2D eigenvalue weighted by atomic mass is 10.3. The molecule has 0 amide bonds. The van der Waals surface area contributed by atoms with Gasteiger partial charge in [0.25, 0.3) is 18.8 Å². The number of nitrogens with zero attached hydrogens (tertiary/aromatic N) is 3. The zero-order valence-electron chi connectivity index (χ0n) is 19.2. The topological polar surface area (TPSA) is 180 Å². The minimum atomic E-state index is 0.158. The van der Waals surface area contributed by atoms with Gasteiger partial charge in [-0.2, -0.15) is 0 Å². The van der Waals surface area contributed by atoms with Crippen LogP contribution in [0.1, 0.15) is 0 Å². The number of phenols is 4. The van der Waals surface area contributed by atoms with Crippen LogP contribution in [-0.2, 0) is 0 Å². The van der Waals surface area contributed by atoms with Gasteiger partial charge in [0.15, 0.2) is 0 Å². The fourth-order valence-corrected chi connectivity index (χ4v) is 2.13. The quantitative estimate of drug-likeness (QED) is 0.275. The van der Waals surface area contributed by atoms with Crippen LogP contribution in [0.4, 0.5) is 0 Å². The molecule has 0 atom stereocenters. The van der Waals surface area contributed by atoms with Crippen molar-refractivity contribution < 1.29 is 34.6 Å². The van der Waals surface area contributed by atoms with E-state index >= 15 is 0 Å². The number of hydrogen-bond donors (Lipinski definition) is 4. The second-order valence-electron chi connectivity index (χ2n) is 6.40. The van der Waals surface area contributed by atoms with Gasteiger partial charge in [-0.3, -0.25) is 0 Å². The molecule has 0 aliphatic heterocycles. The lowest BCUT2D eigenvalue weighted by Crippen LogP contribution is -1.78. The Morgan fingerprint density at radius 1 is 0.378 bits per heavy atom. The average Bonchev–Trinajstić information content (AvgIpc) is 2.90. The van der Waals surface area contributed by atoms with Gasteiger partial charge in [-0.15, -0.1) is 15.8 Å². The third-order valence-electron chi connectivity index (χ3n) is 3.76. The van der Waals surface area contributed by atoms with Crippen LogP contribution < -0.4 is 14.2 Å². The smallest absolute Gasteiger partial charge is 0.292 e. The summed E-state index contributed by atoms with van der Waals surface area (Å²) in [4.78, 5) is 0. The fraction of sp³-hybridized carbons (Fsp3) is 0. The lowest BCUT2D eigenvalue weighted by molar-refractivity contribution is 0.469. The largest absolute Gasteiger partial charge is 0.508 e. The number of rotatable bonds is 3. The third-order valence-corrected chi connectivity index (χ3v) is 3.76. The zero-order valence-corrected chi connectivity index (χ0v) is 19.2. The molecule has 186 valence electrons. The van der Waals surface area contributed by atoms with Crippen molar-refractivity contribution in [2.75, 3.05) is 0 Å². The van der Waals surface area contributed by atoms with Crippen LogP contribution in [0.2, 0.25) is 0 Å². The van der Waals surface area contributed by atoms with Gasteiger partial charge in [-0.25, -0.2) is 0 Å². The van der Waals surface area contributed by atoms with Crippen molar-refractivity contribution in [2.45, 2.75) is 0 Å². The Morgan fingerprint density at radius 3 is 0.811 bits per heavy atom. The lowest BCUT2D eigenvalue weighted by Gasteiger charge is -1.93. The number of aromatic hydroxyl groups is 4. The highest BCUT2D eigenvalue weighted by molar-refractivity contribution is 5.32. The monoisotopic (exact) mass is 499 g/mol. The zero-order chi connectivity index (χ0) is 27.3. The highest BCUT2D eigenvalue weighted by Gasteiger charge is 1.92. The van der Waals surface area contributed by atoms with Gasteiger partial charge in [0.05, 0.1) is 0 Å². The molecule has 0 saturated heterocycles. The van der Waals surface area contributed by atoms with Crippen LogP contribution in [0.25, 0.3) is 0 Å². The van der Waals surface area contributed by atoms with Gasteiger partial charge in [-0.1, -0.05) is 18.2 Å². The summed E-state index contributed by atoms with van der Waals surface area (Å²) in [5, 5.41) is 59.2. The first kappa shape index (κ1) is 29.0. The molecule has 0 fully saturated rings. The molecule has 37 heavy (non-hydrogen) atoms. The minimum Gasteiger partial charge on any atom is -0.508 e. The van der Waals surface area contributed by atoms with Gasteiger partial charge in [0, 0.05) is 0 Å². The first-order chi connectivity index (χ1) is 17.9. The molecular formula is C27H21N3O7. The normalized spacial score (nSPS) is 8.35. The average molecular weight is 499 g/mol. The second kappa shape index (κ2) is 17.4. The van der Waals surface area contributed by atoms with Crippen LogP contribution >= 0.6 is 0 Å². The number of para-hydroxylation sites is 1. The molecule has 0 radical (unpaired) electrons. The van der Waals surface area contributed by atoms with E-state index in [1.165, 1.54) is 91.6 Å². The van der Waals surface area contributed by atoms with Crippen molar-refractivity contribution in [1.29, 1.82) is 15.8 Å². The highest BCUT2D eigenvalue weighted by Crippen LogP contribution is 2.16. The number of hydrogen-bond acceptors (Lipinski definition) is 10. The van der Waals surface area contributed by atoms with Crippen molar-refractivity contribution in [3.63, 3.8) is 0 Å². The standard InChI is InChI=1S/3C7H5NO2.C6H6O/c3*8-5-10-7-3-1-6(9)2-4-7;7-6-4-2-1-3-5-6/h3*1-4,9H;1-5,7H. The Morgan fingerprint density at radius 2 is 0.622 bits per heavy atom. The predicted molar refractivity (Wildman–Crippen MR) is 131 cm³/mol. The Labute approximate surface area is 212 Å². The van der Waals surface area contributed by atoms with Gasteiger partial charge in [0.1, 0.15) is 40.2 Å². The first-order valence-electron chi connectivity index (χ1n) is 10.2. The van der Waals surface area contributed by atoms with Gasteiger partial charge >= 0.3 is 0 Å². The summed E-state index contributed by atoms with van der Waals surface area (Å²) in [5.41, 5.74) is 0. The molecule has 0 aliphatic rings. The molecule has 0 heterocycles. The minimum absolute atomic E-state index is 0.158. The number of phenolic OH excluding ortho intramolecular Hbond substituents is 4. The van der Waals surface area contributed by atoms with Crippen LogP contribution in [-0.4, -0.2) is 20.4 Å². The maximum absolute atomic E-state index is 8.79. The maximum atomic E-state index is 8.79. The molecular weight excluding hydrogens is 478 g/mol. The molecule has 0 saturated carbocycles. The van der Waals surface area contributed by atoms with Crippen LogP contribution in [0.3, 0.4) is 0 Å². The molecule has 0 unspecified atom stereocenters. The van der Waals surface area contributed by atoms with Crippen molar-refractivity contribution in [1.82, 2.24) is 0 Å². The molecule has 0 aromatic heterocycles. The second-order valence-corrected chi connectivity index (χ2v) is 6.40. The van der Waals surface area contributed by atoms with Crippen molar-refractivity contribution >= 4 is 0 Å². The molecule has 4 N–H and O–H groups in total. The van der Waals surface area contributed by atoms with Gasteiger partial charge in [0.2, 0.25) is 0 Å². The number of ether oxygens (including phenoxy) is 3. The summed E-state index contributed by atoms with van der Waals surface area (Å²) in [5.74, 6) is 2.09. The summed E-state index contributed by atoms with van der Waals surface area (Å²) in [6.45, 7) is 0. The first-order valence-corrected chi connectivity index (χ1v) is 10.2. The van der Waals surface area contributed by atoms with E-state index in [2.05, 4.69) is 14.2 Å².